The van der Waals surface area contributed by atoms with Crippen LogP contribution in [-0.4, -0.2) is 37.5 Å². The minimum atomic E-state index is -4.69. The normalized spacial score (nSPS) is 11.4. The number of rotatable bonds is 5. The molecule has 3 rings (SSSR count). The zero-order valence-corrected chi connectivity index (χ0v) is 13.5. The fourth-order valence-electron chi connectivity index (χ4n) is 1.97. The summed E-state index contributed by atoms with van der Waals surface area (Å²) in [5.74, 6) is -0.949. The second-order valence-corrected chi connectivity index (χ2v) is 5.30. The highest BCUT2D eigenvalue weighted by molar-refractivity contribution is 6.32. The van der Waals surface area contributed by atoms with Gasteiger partial charge in [-0.3, -0.25) is 15.2 Å². The Morgan fingerprint density at radius 1 is 1.35 bits per heavy atom. The van der Waals surface area contributed by atoms with E-state index in [2.05, 4.69) is 25.6 Å². The highest BCUT2D eigenvalue weighted by atomic mass is 35.5. The molecule has 26 heavy (non-hydrogen) atoms. The lowest BCUT2D eigenvalue weighted by Crippen LogP contribution is -2.21. The van der Waals surface area contributed by atoms with Crippen molar-refractivity contribution in [1.29, 1.82) is 0 Å². The third kappa shape index (κ3) is 3.94. The van der Waals surface area contributed by atoms with Gasteiger partial charge in [0, 0.05) is 6.07 Å². The minimum absolute atomic E-state index is 0.00851. The van der Waals surface area contributed by atoms with Crippen LogP contribution < -0.4 is 10.1 Å². The van der Waals surface area contributed by atoms with E-state index in [0.717, 1.165) is 4.68 Å². The number of hydrogen-bond donors (Lipinski definition) is 2. The molecule has 0 atom stereocenters. The Hall–Kier alpha value is -3.08. The molecule has 0 aliphatic heterocycles. The molecule has 12 heteroatoms. The molecule has 0 aliphatic carbocycles. The molecule has 8 nitrogen and oxygen atoms in total. The van der Waals surface area contributed by atoms with E-state index in [9.17, 15) is 18.0 Å². The summed E-state index contributed by atoms with van der Waals surface area (Å²) >= 11 is 6.01. The van der Waals surface area contributed by atoms with E-state index >= 15 is 0 Å². The maximum absolute atomic E-state index is 13.0. The number of benzene rings is 1. The largest absolute Gasteiger partial charge is 0.467 e. The van der Waals surface area contributed by atoms with Gasteiger partial charge >= 0.3 is 6.18 Å². The first-order chi connectivity index (χ1) is 12.3. The van der Waals surface area contributed by atoms with Gasteiger partial charge < -0.3 is 4.74 Å². The number of nitrogens with one attached hydrogen (secondary N) is 2. The number of carbonyl (C=O) groups excluding carboxylic acids is 1. The highest BCUT2D eigenvalue weighted by Crippen LogP contribution is 2.33. The molecule has 136 valence electrons. The third-order valence-electron chi connectivity index (χ3n) is 3.07. The summed E-state index contributed by atoms with van der Waals surface area (Å²) in [4.78, 5) is 15.5. The number of nitrogens with zero attached hydrogens (tertiary/aromatic N) is 4. The molecule has 0 aliphatic rings. The molecule has 1 amide bonds. The van der Waals surface area contributed by atoms with Crippen LogP contribution in [0.15, 0.2) is 36.7 Å². The molecule has 3 aromatic rings. The Labute approximate surface area is 148 Å². The van der Waals surface area contributed by atoms with Crippen LogP contribution in [0.5, 0.6) is 5.88 Å². The number of hydrogen-bond acceptors (Lipinski definition) is 5. The van der Waals surface area contributed by atoms with Gasteiger partial charge in [0.2, 0.25) is 11.8 Å². The molecule has 2 aromatic heterocycles. The number of alkyl halides is 3. The van der Waals surface area contributed by atoms with Crippen LogP contribution in [-0.2, 0) is 11.0 Å². The second-order valence-electron chi connectivity index (χ2n) is 4.89. The van der Waals surface area contributed by atoms with Crippen LogP contribution in [0.1, 0.15) is 5.69 Å². The molecule has 1 aromatic carbocycles. The molecule has 0 unspecified atom stereocenters. The van der Waals surface area contributed by atoms with Gasteiger partial charge in [-0.2, -0.15) is 23.0 Å². The van der Waals surface area contributed by atoms with Crippen molar-refractivity contribution < 1.29 is 22.7 Å². The van der Waals surface area contributed by atoms with E-state index in [1.807, 2.05) is 0 Å². The van der Waals surface area contributed by atoms with Gasteiger partial charge in [-0.15, -0.1) is 5.10 Å². The molecule has 0 spiro atoms. The number of anilines is 1. The summed E-state index contributed by atoms with van der Waals surface area (Å²) < 4.78 is 45.0. The smallest absolute Gasteiger partial charge is 0.435 e. The number of aromatic nitrogens is 5. The molecule has 0 saturated heterocycles. The third-order valence-corrected chi connectivity index (χ3v) is 3.38. The van der Waals surface area contributed by atoms with Crippen LogP contribution in [0.2, 0.25) is 5.02 Å². The average Bonchev–Trinajstić information content (AvgIpc) is 3.22. The number of carbonyl (C=O) groups is 1. The molecule has 2 heterocycles. The van der Waals surface area contributed by atoms with E-state index in [-0.39, 0.29) is 22.5 Å². The lowest BCUT2D eigenvalue weighted by molar-refractivity contribution is -0.141. The maximum atomic E-state index is 13.0. The predicted molar refractivity (Wildman–Crippen MR) is 84.1 cm³/mol. The Morgan fingerprint density at radius 2 is 2.12 bits per heavy atom. The Bertz CT molecular complexity index is 910. The van der Waals surface area contributed by atoms with Crippen molar-refractivity contribution >= 4 is 23.5 Å². The van der Waals surface area contributed by atoms with Crippen molar-refractivity contribution in [2.45, 2.75) is 6.18 Å². The number of amides is 1. The highest BCUT2D eigenvalue weighted by Gasteiger charge is 2.36. The SMILES string of the molecule is O=C(COc1cc(C(F)(F)F)nn1-c1ccccc1Cl)Nc1nc[nH]n1. The van der Waals surface area contributed by atoms with Crippen LogP contribution in [0.3, 0.4) is 0 Å². The molecular formula is C14H10ClF3N6O2. The van der Waals surface area contributed by atoms with Crippen LogP contribution in [0, 0.1) is 0 Å². The first kappa shape index (κ1) is 17.7. The summed E-state index contributed by atoms with van der Waals surface area (Å²) in [6, 6.07) is 6.84. The maximum Gasteiger partial charge on any atom is 0.435 e. The first-order valence-electron chi connectivity index (χ1n) is 7.05. The van der Waals surface area contributed by atoms with E-state index in [0.29, 0.717) is 6.07 Å². The van der Waals surface area contributed by atoms with Gasteiger partial charge in [0.05, 0.1) is 10.7 Å². The summed E-state index contributed by atoms with van der Waals surface area (Å²) in [7, 11) is 0. The van der Waals surface area contributed by atoms with Crippen LogP contribution >= 0.6 is 11.6 Å². The summed E-state index contributed by atoms with van der Waals surface area (Å²) in [5.41, 5.74) is -1.00. The van der Waals surface area contributed by atoms with Gasteiger partial charge in [0.25, 0.3) is 5.91 Å². The van der Waals surface area contributed by atoms with Gasteiger partial charge in [-0.1, -0.05) is 23.7 Å². The van der Waals surface area contributed by atoms with Crippen LogP contribution in [0.4, 0.5) is 19.1 Å². The summed E-state index contributed by atoms with van der Waals surface area (Å²) in [6.07, 6.45) is -3.44. The fourth-order valence-corrected chi connectivity index (χ4v) is 2.19. The van der Waals surface area contributed by atoms with Crippen molar-refractivity contribution in [3.05, 3.63) is 47.4 Å². The van der Waals surface area contributed by atoms with Gasteiger partial charge in [0.1, 0.15) is 6.33 Å². The Morgan fingerprint density at radius 3 is 2.77 bits per heavy atom. The molecule has 0 saturated carbocycles. The lowest BCUT2D eigenvalue weighted by atomic mass is 10.3. The Balaban J connectivity index is 1.84. The Kier molecular flexibility index (Phi) is 4.80. The standard InChI is InChI=1S/C14H10ClF3N6O2/c15-8-3-1-2-4-9(8)24-12(5-10(23-24)14(16,17)18)26-6-11(25)21-13-19-7-20-22-13/h1-5,7H,6H2,(H2,19,20,21,22,25). The quantitative estimate of drug-likeness (QED) is 0.702. The minimum Gasteiger partial charge on any atom is -0.467 e. The van der Waals surface area contributed by atoms with E-state index in [1.54, 1.807) is 12.1 Å². The second kappa shape index (κ2) is 7.04. The van der Waals surface area contributed by atoms with Crippen LogP contribution in [0.25, 0.3) is 5.69 Å². The van der Waals surface area contributed by atoms with Gasteiger partial charge in [-0.25, -0.2) is 4.98 Å². The number of ether oxygens (including phenoxy) is 1. The van der Waals surface area contributed by atoms with E-state index < -0.39 is 24.4 Å². The number of H-pyrrole nitrogens is 1. The zero-order valence-electron chi connectivity index (χ0n) is 12.8. The van der Waals surface area contributed by atoms with Crippen molar-refractivity contribution in [2.75, 3.05) is 11.9 Å². The summed E-state index contributed by atoms with van der Waals surface area (Å²) in [6.45, 7) is -0.581. The lowest BCUT2D eigenvalue weighted by Gasteiger charge is -2.10. The number of para-hydroxylation sites is 1. The molecule has 0 fully saturated rings. The molecule has 0 radical (unpaired) electrons. The van der Waals surface area contributed by atoms with Gasteiger partial charge in [-0.05, 0) is 12.1 Å². The van der Waals surface area contributed by atoms with Gasteiger partial charge in [0.15, 0.2) is 12.3 Å². The molecule has 2 N–H and O–H groups in total. The fraction of sp³-hybridized carbons (Fsp3) is 0.143. The van der Waals surface area contributed by atoms with Crippen molar-refractivity contribution in [3.63, 3.8) is 0 Å². The number of aromatic amines is 1. The van der Waals surface area contributed by atoms with Crippen molar-refractivity contribution in [3.8, 4) is 11.6 Å². The number of halogens is 4. The first-order valence-corrected chi connectivity index (χ1v) is 7.43. The van der Waals surface area contributed by atoms with E-state index in [4.69, 9.17) is 16.3 Å². The van der Waals surface area contributed by atoms with Crippen molar-refractivity contribution in [2.24, 2.45) is 0 Å². The predicted octanol–water partition coefficient (Wildman–Crippen LogP) is 2.68. The van der Waals surface area contributed by atoms with Crippen molar-refractivity contribution in [1.82, 2.24) is 25.0 Å². The molecular weight excluding hydrogens is 377 g/mol. The van der Waals surface area contributed by atoms with E-state index in [1.165, 1.54) is 18.5 Å². The topological polar surface area (TPSA) is 97.7 Å². The summed E-state index contributed by atoms with van der Waals surface area (Å²) in [5, 5.41) is 12.0. The zero-order chi connectivity index (χ0) is 18.7. The monoisotopic (exact) mass is 386 g/mol. The molecule has 0 bridgehead atoms. The average molecular weight is 387 g/mol.